The standard InChI is InChI=1S/C24H32N4O2SSi.C19H19N3OS/c1-32(2,3)14-13-30-17-28-15-20(23(29)25-19-11-7-8-12-19)22(27-28)24-26-21(16-31-24)18-9-5-4-6-10-18;23-18(21-14-8-4-5-9-14)15-10-11-20-17(15)19-22-16(12-24-19)13-6-2-1-3-7-13/h4-6,9-10,15-16,19H,7-8,11-14,17H2,1-3H3,(H,25,29);1-3,6-7,10,12,14H,4-5,8-9,11H2,(H,21,23). The summed E-state index contributed by atoms with van der Waals surface area (Å²) in [5, 5.41) is 16.7. The highest BCUT2D eigenvalue weighted by molar-refractivity contribution is 7.13. The number of hydrogen-bond donors (Lipinski definition) is 2. The Morgan fingerprint density at radius 3 is 1.93 bits per heavy atom. The van der Waals surface area contributed by atoms with E-state index in [0.717, 1.165) is 70.0 Å². The van der Waals surface area contributed by atoms with E-state index in [-0.39, 0.29) is 17.9 Å². The molecule has 56 heavy (non-hydrogen) atoms. The molecule has 0 radical (unpaired) electrons. The fraction of sp³-hybridized carbons (Fsp3) is 0.395. The van der Waals surface area contributed by atoms with Crippen molar-refractivity contribution in [3.8, 4) is 33.2 Å². The van der Waals surface area contributed by atoms with Crippen LogP contribution in [0, 0.1) is 0 Å². The third-order valence-electron chi connectivity index (χ3n) is 10.2. The topological polar surface area (TPSA) is 123 Å². The van der Waals surface area contributed by atoms with Crippen LogP contribution >= 0.6 is 22.7 Å². The first-order valence-corrected chi connectivity index (χ1v) is 25.2. The number of rotatable bonds is 13. The Bertz CT molecular complexity index is 2140. The van der Waals surface area contributed by atoms with Crippen molar-refractivity contribution in [2.24, 2.45) is 4.99 Å². The summed E-state index contributed by atoms with van der Waals surface area (Å²) in [7, 11) is -1.15. The van der Waals surface area contributed by atoms with Gasteiger partial charge in [-0.05, 0) is 37.8 Å². The molecule has 3 aliphatic rings. The van der Waals surface area contributed by atoms with Gasteiger partial charge in [0.25, 0.3) is 11.8 Å². The van der Waals surface area contributed by atoms with Crippen molar-refractivity contribution in [3.05, 3.63) is 99.8 Å². The number of hydrogen-bond acceptors (Lipinski definition) is 9. The molecule has 0 saturated heterocycles. The molecule has 1 aliphatic heterocycles. The second kappa shape index (κ2) is 18.6. The summed E-state index contributed by atoms with van der Waals surface area (Å²) >= 11 is 3.06. The number of nitrogens with one attached hydrogen (secondary N) is 2. The minimum atomic E-state index is -1.15. The summed E-state index contributed by atoms with van der Waals surface area (Å²) in [6.07, 6.45) is 12.7. The third-order valence-corrected chi connectivity index (χ3v) is 13.6. The van der Waals surface area contributed by atoms with Crippen LogP contribution in [-0.2, 0) is 16.3 Å². The number of ether oxygens (including phenoxy) is 1. The molecule has 2 N–H and O–H groups in total. The first-order chi connectivity index (χ1) is 27.2. The van der Waals surface area contributed by atoms with Gasteiger partial charge in [0.1, 0.15) is 28.2 Å². The lowest BCUT2D eigenvalue weighted by Crippen LogP contribution is -2.35. The maximum atomic E-state index is 13.1. The summed E-state index contributed by atoms with van der Waals surface area (Å²) in [6, 6.07) is 21.8. The van der Waals surface area contributed by atoms with Gasteiger partial charge < -0.3 is 15.4 Å². The molecule has 3 aromatic heterocycles. The molecular weight excluding hydrogens is 755 g/mol. The number of carbonyl (C=O) groups is 2. The smallest absolute Gasteiger partial charge is 0.255 e. The highest BCUT2D eigenvalue weighted by Crippen LogP contribution is 2.31. The van der Waals surface area contributed by atoms with Gasteiger partial charge in [0, 0.05) is 54.8 Å². The van der Waals surface area contributed by atoms with E-state index >= 15 is 0 Å². The molecule has 0 unspecified atom stereocenters. The number of aliphatic imine (C=N–C) groups is 1. The van der Waals surface area contributed by atoms with E-state index in [9.17, 15) is 9.59 Å². The molecule has 2 aliphatic carbocycles. The average molecular weight is 806 g/mol. The molecule has 292 valence electrons. The van der Waals surface area contributed by atoms with Gasteiger partial charge in [-0.15, -0.1) is 22.7 Å². The normalized spacial score (nSPS) is 16.0. The van der Waals surface area contributed by atoms with Gasteiger partial charge in [-0.25, -0.2) is 14.6 Å². The Morgan fingerprint density at radius 2 is 1.34 bits per heavy atom. The second-order valence-corrected chi connectivity index (χ2v) is 23.1. The third kappa shape index (κ3) is 10.4. The highest BCUT2D eigenvalue weighted by Gasteiger charge is 2.27. The second-order valence-electron chi connectivity index (χ2n) is 15.8. The van der Waals surface area contributed by atoms with Crippen LogP contribution in [-0.4, -0.2) is 70.6 Å². The maximum absolute atomic E-state index is 13.1. The summed E-state index contributed by atoms with van der Waals surface area (Å²) in [5.74, 6) is -0.0775. The predicted octanol–water partition coefficient (Wildman–Crippen LogP) is 9.26. The van der Waals surface area contributed by atoms with Gasteiger partial charge in [0.15, 0.2) is 0 Å². The van der Waals surface area contributed by atoms with Crippen molar-refractivity contribution in [2.75, 3.05) is 13.2 Å². The average Bonchev–Trinajstić information content (AvgIpc) is 4.05. The number of amides is 2. The van der Waals surface area contributed by atoms with Gasteiger partial charge in [0.2, 0.25) is 0 Å². The van der Waals surface area contributed by atoms with E-state index in [1.54, 1.807) is 22.2 Å². The highest BCUT2D eigenvalue weighted by atomic mass is 32.1. The molecule has 2 saturated carbocycles. The van der Waals surface area contributed by atoms with Crippen LogP contribution in [0.2, 0.25) is 25.7 Å². The van der Waals surface area contributed by atoms with Gasteiger partial charge >= 0.3 is 0 Å². The molecule has 2 fully saturated rings. The molecule has 0 bridgehead atoms. The van der Waals surface area contributed by atoms with Gasteiger partial charge in [-0.3, -0.25) is 14.6 Å². The number of thiazole rings is 2. The molecule has 5 aromatic rings. The number of aromatic nitrogens is 4. The van der Waals surface area contributed by atoms with Crippen LogP contribution in [0.4, 0.5) is 0 Å². The quantitative estimate of drug-likeness (QED) is 0.0904. The Kier molecular flexibility index (Phi) is 13.2. The number of benzene rings is 2. The fourth-order valence-corrected chi connectivity index (χ4v) is 9.49. The summed E-state index contributed by atoms with van der Waals surface area (Å²) in [4.78, 5) is 39.7. The Balaban J connectivity index is 0.000000178. The first kappa shape index (κ1) is 39.7. The fourth-order valence-electron chi connectivity index (χ4n) is 7.06. The van der Waals surface area contributed by atoms with E-state index in [0.29, 0.717) is 42.8 Å². The molecule has 4 heterocycles. The van der Waals surface area contributed by atoms with Crippen LogP contribution < -0.4 is 10.6 Å². The lowest BCUT2D eigenvalue weighted by Gasteiger charge is -2.15. The van der Waals surface area contributed by atoms with Crippen molar-refractivity contribution in [3.63, 3.8) is 0 Å². The monoisotopic (exact) mass is 805 g/mol. The Hall–Kier alpha value is -4.56. The van der Waals surface area contributed by atoms with Gasteiger partial charge in [-0.1, -0.05) is 106 Å². The molecular formula is C43H51N7O3S2Si. The van der Waals surface area contributed by atoms with E-state index in [1.165, 1.54) is 37.0 Å². The minimum Gasteiger partial charge on any atom is -0.360 e. The van der Waals surface area contributed by atoms with E-state index in [4.69, 9.17) is 19.8 Å². The van der Waals surface area contributed by atoms with Crippen molar-refractivity contribution in [2.45, 2.75) is 95.9 Å². The molecule has 0 spiro atoms. The SMILES string of the molecule is C[Si](C)(C)CCOCn1cc(C(=O)NC2CCCC2)c(-c2nc(-c3ccccc3)cs2)n1.O=C(NC1CCCC1)C1=CCN=C1c1nc(-c2ccccc2)cs1. The molecule has 10 nitrogen and oxygen atoms in total. The Labute approximate surface area is 338 Å². The van der Waals surface area contributed by atoms with Crippen LogP contribution in [0.15, 0.2) is 94.3 Å². The first-order valence-electron chi connectivity index (χ1n) is 19.7. The van der Waals surface area contributed by atoms with Gasteiger partial charge in [0.05, 0.1) is 29.1 Å². The van der Waals surface area contributed by atoms with Crippen molar-refractivity contribution in [1.82, 2.24) is 30.4 Å². The van der Waals surface area contributed by atoms with Crippen LogP contribution in [0.3, 0.4) is 0 Å². The molecule has 0 atom stereocenters. The van der Waals surface area contributed by atoms with Crippen LogP contribution in [0.1, 0.15) is 66.7 Å². The number of carbonyl (C=O) groups excluding carboxylic acids is 2. The van der Waals surface area contributed by atoms with Crippen molar-refractivity contribution >= 4 is 48.3 Å². The summed E-state index contributed by atoms with van der Waals surface area (Å²) in [5.41, 5.74) is 6.57. The molecule has 2 aromatic carbocycles. The van der Waals surface area contributed by atoms with Crippen molar-refractivity contribution < 1.29 is 14.3 Å². The molecule has 13 heteroatoms. The minimum absolute atomic E-state index is 0.00499. The zero-order valence-corrected chi connectivity index (χ0v) is 35.1. The van der Waals surface area contributed by atoms with Crippen molar-refractivity contribution in [1.29, 1.82) is 0 Å². The van der Waals surface area contributed by atoms with Crippen LogP contribution in [0.25, 0.3) is 33.2 Å². The van der Waals surface area contributed by atoms with Gasteiger partial charge in [-0.2, -0.15) is 5.10 Å². The summed E-state index contributed by atoms with van der Waals surface area (Å²) in [6.45, 7) is 8.61. The predicted molar refractivity (Wildman–Crippen MR) is 230 cm³/mol. The van der Waals surface area contributed by atoms with Crippen LogP contribution in [0.5, 0.6) is 0 Å². The lowest BCUT2D eigenvalue weighted by atomic mass is 10.1. The Morgan fingerprint density at radius 1 is 0.786 bits per heavy atom. The molecule has 8 rings (SSSR count). The van der Waals surface area contributed by atoms with E-state index < -0.39 is 8.07 Å². The van der Waals surface area contributed by atoms with E-state index in [2.05, 4.69) is 35.3 Å². The maximum Gasteiger partial charge on any atom is 0.255 e. The van der Waals surface area contributed by atoms with E-state index in [1.807, 2.05) is 77.5 Å². The molecule has 2 amide bonds. The zero-order valence-electron chi connectivity index (χ0n) is 32.5. The lowest BCUT2D eigenvalue weighted by molar-refractivity contribution is -0.117. The number of nitrogens with zero attached hydrogens (tertiary/aromatic N) is 5. The largest absolute Gasteiger partial charge is 0.360 e. The zero-order chi connectivity index (χ0) is 38.9. The summed E-state index contributed by atoms with van der Waals surface area (Å²) < 4.78 is 7.60.